The quantitative estimate of drug-likeness (QED) is 0.668. The highest BCUT2D eigenvalue weighted by molar-refractivity contribution is 5.81. The van der Waals surface area contributed by atoms with Gasteiger partial charge in [-0.05, 0) is 37.5 Å². The van der Waals surface area contributed by atoms with Crippen LogP contribution in [0, 0.1) is 6.92 Å². The molecule has 0 saturated heterocycles. The molecule has 20 heavy (non-hydrogen) atoms. The summed E-state index contributed by atoms with van der Waals surface area (Å²) < 4.78 is 10.5. The van der Waals surface area contributed by atoms with Gasteiger partial charge in [-0.2, -0.15) is 0 Å². The highest BCUT2D eigenvalue weighted by atomic mass is 16.5. The minimum atomic E-state index is -0.482. The Morgan fingerprint density at radius 3 is 2.90 bits per heavy atom. The molecule has 0 bridgehead atoms. The van der Waals surface area contributed by atoms with Crippen LogP contribution in [0.4, 0.5) is 0 Å². The number of nitrogens with one attached hydrogen (secondary N) is 1. The maximum atomic E-state index is 11.7. The minimum Gasteiger partial charge on any atom is -0.492 e. The average Bonchev–Trinajstić information content (AvgIpc) is 2.43. The summed E-state index contributed by atoms with van der Waals surface area (Å²) in [7, 11) is 1.63. The van der Waals surface area contributed by atoms with Crippen LogP contribution in [0.25, 0.3) is 0 Å². The van der Waals surface area contributed by atoms with Crippen LogP contribution in [0.1, 0.15) is 18.4 Å². The number of rotatable bonds is 9. The number of nitrogens with two attached hydrogens (primary N) is 1. The van der Waals surface area contributed by atoms with Crippen LogP contribution in [0.3, 0.4) is 0 Å². The number of carbonyl (C=O) groups is 1. The van der Waals surface area contributed by atoms with Crippen LogP contribution in [-0.4, -0.2) is 38.8 Å². The van der Waals surface area contributed by atoms with E-state index in [2.05, 4.69) is 5.32 Å². The first-order valence-corrected chi connectivity index (χ1v) is 6.85. The molecule has 0 saturated carbocycles. The zero-order valence-electron chi connectivity index (χ0n) is 12.2. The molecule has 3 N–H and O–H groups in total. The first kappa shape index (κ1) is 16.5. The largest absolute Gasteiger partial charge is 0.492 e. The van der Waals surface area contributed by atoms with Gasteiger partial charge in [-0.3, -0.25) is 4.79 Å². The van der Waals surface area contributed by atoms with E-state index in [9.17, 15) is 4.79 Å². The van der Waals surface area contributed by atoms with E-state index in [1.54, 1.807) is 7.11 Å². The van der Waals surface area contributed by atoms with Gasteiger partial charge in [0.25, 0.3) is 0 Å². The van der Waals surface area contributed by atoms with Crippen molar-refractivity contribution in [2.45, 2.75) is 25.8 Å². The molecule has 1 aromatic carbocycles. The van der Waals surface area contributed by atoms with E-state index in [-0.39, 0.29) is 5.91 Å². The fraction of sp³-hybridized carbons (Fsp3) is 0.533. The summed E-state index contributed by atoms with van der Waals surface area (Å²) >= 11 is 0. The summed E-state index contributed by atoms with van der Waals surface area (Å²) in [6.07, 6.45) is 1.41. The Kier molecular flexibility index (Phi) is 7.69. The van der Waals surface area contributed by atoms with Crippen molar-refractivity contribution >= 4 is 5.91 Å². The molecule has 0 heterocycles. The number of hydrogen-bond acceptors (Lipinski definition) is 4. The van der Waals surface area contributed by atoms with Crippen molar-refractivity contribution in [3.05, 3.63) is 29.8 Å². The van der Waals surface area contributed by atoms with E-state index in [1.165, 1.54) is 0 Å². The highest BCUT2D eigenvalue weighted by Gasteiger charge is 2.11. The van der Waals surface area contributed by atoms with E-state index in [0.717, 1.165) is 17.7 Å². The van der Waals surface area contributed by atoms with Crippen LogP contribution in [0.15, 0.2) is 24.3 Å². The molecule has 1 unspecified atom stereocenters. The lowest BCUT2D eigenvalue weighted by Gasteiger charge is -2.12. The Hall–Kier alpha value is -1.59. The first-order chi connectivity index (χ1) is 9.63. The van der Waals surface area contributed by atoms with Gasteiger partial charge in [0.15, 0.2) is 0 Å². The second-order valence-electron chi connectivity index (χ2n) is 4.70. The van der Waals surface area contributed by atoms with E-state index in [0.29, 0.717) is 26.2 Å². The van der Waals surface area contributed by atoms with Gasteiger partial charge in [-0.1, -0.05) is 12.1 Å². The fourth-order valence-electron chi connectivity index (χ4n) is 1.76. The molecule has 0 radical (unpaired) electrons. The third-order valence-electron chi connectivity index (χ3n) is 2.86. The monoisotopic (exact) mass is 280 g/mol. The number of amides is 1. The van der Waals surface area contributed by atoms with Gasteiger partial charge in [0.1, 0.15) is 12.4 Å². The summed E-state index contributed by atoms with van der Waals surface area (Å²) in [6, 6.07) is 7.32. The standard InChI is InChI=1S/C15H24N2O3/c1-12-5-3-6-13(11-12)20-10-8-17-15(18)14(16)7-4-9-19-2/h3,5-6,11,14H,4,7-10,16H2,1-2H3,(H,17,18). The van der Waals surface area contributed by atoms with Gasteiger partial charge in [-0.25, -0.2) is 0 Å². The molecular weight excluding hydrogens is 256 g/mol. The smallest absolute Gasteiger partial charge is 0.237 e. The average molecular weight is 280 g/mol. The number of methoxy groups -OCH3 is 1. The maximum Gasteiger partial charge on any atom is 0.237 e. The Labute approximate surface area is 120 Å². The summed E-state index contributed by atoms with van der Waals surface area (Å²) in [5, 5.41) is 2.76. The van der Waals surface area contributed by atoms with Crippen LogP contribution >= 0.6 is 0 Å². The molecule has 1 rings (SSSR count). The lowest BCUT2D eigenvalue weighted by atomic mass is 10.1. The van der Waals surface area contributed by atoms with E-state index >= 15 is 0 Å². The SMILES string of the molecule is COCCCC(N)C(=O)NCCOc1cccc(C)c1. The number of ether oxygens (including phenoxy) is 2. The van der Waals surface area contributed by atoms with Crippen molar-refractivity contribution in [1.82, 2.24) is 5.32 Å². The van der Waals surface area contributed by atoms with E-state index in [1.807, 2.05) is 31.2 Å². The molecule has 112 valence electrons. The molecule has 0 aliphatic heterocycles. The van der Waals surface area contributed by atoms with Gasteiger partial charge < -0.3 is 20.5 Å². The van der Waals surface area contributed by atoms with Crippen molar-refractivity contribution in [1.29, 1.82) is 0 Å². The van der Waals surface area contributed by atoms with Crippen LogP contribution in [0.5, 0.6) is 5.75 Å². The zero-order valence-corrected chi connectivity index (χ0v) is 12.2. The Balaban J connectivity index is 2.15. The molecule has 5 heteroatoms. The first-order valence-electron chi connectivity index (χ1n) is 6.85. The van der Waals surface area contributed by atoms with Crippen LogP contribution in [-0.2, 0) is 9.53 Å². The molecule has 5 nitrogen and oxygen atoms in total. The van der Waals surface area contributed by atoms with Crippen LogP contribution < -0.4 is 15.8 Å². The Morgan fingerprint density at radius 2 is 2.20 bits per heavy atom. The van der Waals surface area contributed by atoms with Gasteiger partial charge in [0.2, 0.25) is 5.91 Å². The Bertz CT molecular complexity index is 410. The minimum absolute atomic E-state index is 0.144. The molecule has 0 aliphatic carbocycles. The van der Waals surface area contributed by atoms with Crippen molar-refractivity contribution in [2.24, 2.45) is 5.73 Å². The third-order valence-corrected chi connectivity index (χ3v) is 2.86. The zero-order chi connectivity index (χ0) is 14.8. The molecule has 0 spiro atoms. The molecule has 0 aromatic heterocycles. The topological polar surface area (TPSA) is 73.6 Å². The number of carbonyl (C=O) groups excluding carboxylic acids is 1. The molecule has 1 atom stereocenters. The van der Waals surface area contributed by atoms with Gasteiger partial charge in [-0.15, -0.1) is 0 Å². The number of benzene rings is 1. The summed E-state index contributed by atoms with van der Waals surface area (Å²) in [5.74, 6) is 0.664. The molecule has 1 aromatic rings. The second kappa shape index (κ2) is 9.34. The summed E-state index contributed by atoms with van der Waals surface area (Å²) in [5.41, 5.74) is 6.91. The van der Waals surface area contributed by atoms with Crippen molar-refractivity contribution in [3.63, 3.8) is 0 Å². The van der Waals surface area contributed by atoms with Gasteiger partial charge >= 0.3 is 0 Å². The second-order valence-corrected chi connectivity index (χ2v) is 4.70. The van der Waals surface area contributed by atoms with Crippen molar-refractivity contribution in [3.8, 4) is 5.75 Å². The summed E-state index contributed by atoms with van der Waals surface area (Å²) in [4.78, 5) is 11.7. The molecule has 0 fully saturated rings. The maximum absolute atomic E-state index is 11.7. The lowest BCUT2D eigenvalue weighted by molar-refractivity contribution is -0.122. The normalized spacial score (nSPS) is 11.9. The molecule has 0 aliphatic rings. The van der Waals surface area contributed by atoms with Crippen molar-refractivity contribution < 1.29 is 14.3 Å². The van der Waals surface area contributed by atoms with Gasteiger partial charge in [0, 0.05) is 13.7 Å². The number of aryl methyl sites for hydroxylation is 1. The summed E-state index contributed by atoms with van der Waals surface area (Å²) in [6.45, 7) is 3.51. The van der Waals surface area contributed by atoms with Crippen LogP contribution in [0.2, 0.25) is 0 Å². The Morgan fingerprint density at radius 1 is 1.40 bits per heavy atom. The van der Waals surface area contributed by atoms with E-state index in [4.69, 9.17) is 15.2 Å². The van der Waals surface area contributed by atoms with Crippen molar-refractivity contribution in [2.75, 3.05) is 26.9 Å². The molecular formula is C15H24N2O3. The number of hydrogen-bond donors (Lipinski definition) is 2. The molecule has 1 amide bonds. The predicted octanol–water partition coefficient (Wildman–Crippen LogP) is 1.24. The fourth-order valence-corrected chi connectivity index (χ4v) is 1.76. The third kappa shape index (κ3) is 6.54. The highest BCUT2D eigenvalue weighted by Crippen LogP contribution is 2.11. The van der Waals surface area contributed by atoms with E-state index < -0.39 is 6.04 Å². The predicted molar refractivity (Wildman–Crippen MR) is 78.8 cm³/mol. The lowest BCUT2D eigenvalue weighted by Crippen LogP contribution is -2.42. The van der Waals surface area contributed by atoms with Gasteiger partial charge in [0.05, 0.1) is 12.6 Å².